The van der Waals surface area contributed by atoms with Crippen molar-refractivity contribution >= 4 is 11.9 Å². The minimum atomic E-state index is -0.464. The van der Waals surface area contributed by atoms with Gasteiger partial charge in [0.1, 0.15) is 0 Å². The first-order valence-corrected chi connectivity index (χ1v) is 2.74. The quantitative estimate of drug-likeness (QED) is 0.134. The van der Waals surface area contributed by atoms with E-state index < -0.39 is 5.96 Å². The van der Waals surface area contributed by atoms with Crippen LogP contribution in [0.25, 0.3) is 0 Å². The Hall–Kier alpha value is -2.10. The number of H-pyrrole nitrogens is 1. The third kappa shape index (κ3) is 1.95. The van der Waals surface area contributed by atoms with Gasteiger partial charge in [-0.3, -0.25) is 5.41 Å². The standard InChI is InChI=1S/C2H6N10/c3-1(4)6-11-12(5)2-7-9-10-8-2/h5H2,(H3,3,4)(H,7,8,9,10). The van der Waals surface area contributed by atoms with Gasteiger partial charge in [-0.05, 0) is 10.4 Å². The molecule has 1 aromatic heterocycles. The molecule has 10 heteroatoms. The molecular weight excluding hydrogens is 164 g/mol. The second-order valence-electron chi connectivity index (χ2n) is 1.63. The van der Waals surface area contributed by atoms with E-state index in [4.69, 9.17) is 17.0 Å². The molecule has 0 fully saturated rings. The summed E-state index contributed by atoms with van der Waals surface area (Å²) in [6.07, 6.45) is 0. The highest BCUT2D eigenvalue weighted by atomic mass is 15.7. The molecular formula is C2H6N10. The number of nitrogens with one attached hydrogen (secondary N) is 2. The summed E-state index contributed by atoms with van der Waals surface area (Å²) in [5.41, 5.74) is 4.87. The Balaban J connectivity index is 2.61. The molecule has 1 rings (SSSR count). The highest BCUT2D eigenvalue weighted by molar-refractivity contribution is 5.74. The minimum absolute atomic E-state index is 0.0278. The van der Waals surface area contributed by atoms with E-state index in [1.807, 2.05) is 0 Å². The van der Waals surface area contributed by atoms with Gasteiger partial charge in [0.05, 0.1) is 0 Å². The Morgan fingerprint density at radius 2 is 2.42 bits per heavy atom. The molecule has 0 aliphatic rings. The van der Waals surface area contributed by atoms with E-state index in [9.17, 15) is 0 Å². The summed E-state index contributed by atoms with van der Waals surface area (Å²) in [7, 11) is 0. The third-order valence-corrected chi connectivity index (χ3v) is 0.788. The Kier molecular flexibility index (Phi) is 2.23. The van der Waals surface area contributed by atoms with E-state index in [-0.39, 0.29) is 5.95 Å². The van der Waals surface area contributed by atoms with Crippen molar-refractivity contribution in [2.24, 2.45) is 21.9 Å². The van der Waals surface area contributed by atoms with Crippen molar-refractivity contribution in [3.63, 3.8) is 0 Å². The second-order valence-corrected chi connectivity index (χ2v) is 1.63. The van der Waals surface area contributed by atoms with Crippen molar-refractivity contribution in [1.82, 2.24) is 20.6 Å². The number of anilines is 1. The monoisotopic (exact) mass is 170 g/mol. The average Bonchev–Trinajstić information content (AvgIpc) is 2.51. The first-order chi connectivity index (χ1) is 5.70. The lowest BCUT2D eigenvalue weighted by Gasteiger charge is -2.01. The lowest BCUT2D eigenvalue weighted by Crippen LogP contribution is -2.25. The van der Waals surface area contributed by atoms with Crippen molar-refractivity contribution in [3.8, 4) is 0 Å². The molecule has 10 nitrogen and oxygen atoms in total. The molecule has 6 N–H and O–H groups in total. The van der Waals surface area contributed by atoms with Crippen molar-refractivity contribution in [2.75, 3.05) is 5.12 Å². The molecule has 0 radical (unpaired) electrons. The molecule has 0 bridgehead atoms. The lowest BCUT2D eigenvalue weighted by atomic mass is 11.1. The van der Waals surface area contributed by atoms with Gasteiger partial charge in [0, 0.05) is 0 Å². The van der Waals surface area contributed by atoms with E-state index >= 15 is 0 Å². The molecule has 0 amide bonds. The largest absolute Gasteiger partial charge is 0.367 e. The zero-order valence-electron chi connectivity index (χ0n) is 5.84. The highest BCUT2D eigenvalue weighted by Gasteiger charge is 2.03. The molecule has 0 atom stereocenters. The van der Waals surface area contributed by atoms with Crippen molar-refractivity contribution < 1.29 is 0 Å². The van der Waals surface area contributed by atoms with Crippen LogP contribution < -0.4 is 16.7 Å². The number of tetrazole rings is 1. The van der Waals surface area contributed by atoms with Crippen LogP contribution in [0.4, 0.5) is 5.95 Å². The van der Waals surface area contributed by atoms with Crippen LogP contribution in [0, 0.1) is 5.41 Å². The molecule has 12 heavy (non-hydrogen) atoms. The van der Waals surface area contributed by atoms with Crippen LogP contribution in [0.3, 0.4) is 0 Å². The number of rotatable bonds is 2. The first-order valence-electron chi connectivity index (χ1n) is 2.74. The SMILES string of the molecule is N=C(N)N=NN(N)c1nn[nH]n1. The number of hydrazine groups is 1. The average molecular weight is 170 g/mol. The van der Waals surface area contributed by atoms with Crippen LogP contribution >= 0.6 is 0 Å². The number of aromatic amines is 1. The summed E-state index contributed by atoms with van der Waals surface area (Å²) in [6, 6.07) is 0. The van der Waals surface area contributed by atoms with Gasteiger partial charge in [0.15, 0.2) is 0 Å². The predicted molar refractivity (Wildman–Crippen MR) is 37.6 cm³/mol. The van der Waals surface area contributed by atoms with Gasteiger partial charge in [-0.2, -0.15) is 5.21 Å². The summed E-state index contributed by atoms with van der Waals surface area (Å²) in [5, 5.41) is 26.2. The summed E-state index contributed by atoms with van der Waals surface area (Å²) in [5.74, 6) is 4.79. The maximum Gasteiger partial charge on any atom is 0.302 e. The summed E-state index contributed by atoms with van der Waals surface area (Å²) in [4.78, 5) is 0. The zero-order valence-corrected chi connectivity index (χ0v) is 5.84. The van der Waals surface area contributed by atoms with E-state index in [0.717, 1.165) is 5.12 Å². The first kappa shape index (κ1) is 8.00. The normalized spacial score (nSPS) is 10.4. The van der Waals surface area contributed by atoms with Gasteiger partial charge in [-0.1, -0.05) is 10.2 Å². The zero-order chi connectivity index (χ0) is 8.97. The molecule has 0 aliphatic heterocycles. The molecule has 0 aromatic carbocycles. The molecule has 0 saturated carbocycles. The topological polar surface area (TPSA) is 158 Å². The van der Waals surface area contributed by atoms with Crippen molar-refractivity contribution in [1.29, 1.82) is 5.41 Å². The van der Waals surface area contributed by atoms with Crippen LogP contribution in [0.5, 0.6) is 0 Å². The summed E-state index contributed by atoms with van der Waals surface area (Å²) < 4.78 is 0. The molecule has 1 heterocycles. The Bertz CT molecular complexity index is 270. The lowest BCUT2D eigenvalue weighted by molar-refractivity contribution is 0.816. The van der Waals surface area contributed by atoms with Crippen LogP contribution in [-0.4, -0.2) is 26.6 Å². The Morgan fingerprint density at radius 3 is 2.92 bits per heavy atom. The number of hydrogen-bond acceptors (Lipinski definition) is 6. The number of aromatic nitrogens is 4. The fraction of sp³-hybridized carbons (Fsp3) is 0. The van der Waals surface area contributed by atoms with Crippen LogP contribution in [0.15, 0.2) is 10.3 Å². The second kappa shape index (κ2) is 3.34. The Morgan fingerprint density at radius 1 is 1.67 bits per heavy atom. The summed E-state index contributed by atoms with van der Waals surface area (Å²) in [6.45, 7) is 0. The Labute approximate surface area is 66.1 Å². The van der Waals surface area contributed by atoms with E-state index in [1.54, 1.807) is 0 Å². The molecule has 0 spiro atoms. The van der Waals surface area contributed by atoms with E-state index in [1.165, 1.54) is 0 Å². The predicted octanol–water partition coefficient (Wildman–Crippen LogP) is -1.86. The fourth-order valence-electron chi connectivity index (χ4n) is 0.390. The maximum absolute atomic E-state index is 6.68. The minimum Gasteiger partial charge on any atom is -0.367 e. The number of nitrogens with zero attached hydrogens (tertiary/aromatic N) is 6. The number of guanidine groups is 1. The number of hydrogen-bond donors (Lipinski definition) is 4. The number of nitrogens with two attached hydrogens (primary N) is 2. The maximum atomic E-state index is 6.68. The van der Waals surface area contributed by atoms with Gasteiger partial charge in [-0.25, -0.2) is 5.84 Å². The third-order valence-electron chi connectivity index (χ3n) is 0.788. The van der Waals surface area contributed by atoms with Gasteiger partial charge in [0.25, 0.3) is 0 Å². The van der Waals surface area contributed by atoms with Crippen LogP contribution in [0.1, 0.15) is 0 Å². The van der Waals surface area contributed by atoms with Crippen LogP contribution in [0.2, 0.25) is 0 Å². The fourth-order valence-corrected chi connectivity index (χ4v) is 0.390. The van der Waals surface area contributed by atoms with Gasteiger partial charge < -0.3 is 5.73 Å². The van der Waals surface area contributed by atoms with Gasteiger partial charge in [0.2, 0.25) is 5.96 Å². The molecule has 0 aliphatic carbocycles. The smallest absolute Gasteiger partial charge is 0.302 e. The van der Waals surface area contributed by atoms with Crippen molar-refractivity contribution in [3.05, 3.63) is 0 Å². The highest BCUT2D eigenvalue weighted by Crippen LogP contribution is 1.96. The van der Waals surface area contributed by atoms with E-state index in [0.29, 0.717) is 0 Å². The molecule has 1 aromatic rings. The van der Waals surface area contributed by atoms with Gasteiger partial charge >= 0.3 is 5.95 Å². The molecule has 0 saturated heterocycles. The van der Waals surface area contributed by atoms with Gasteiger partial charge in [-0.15, -0.1) is 10.2 Å². The molecule has 64 valence electrons. The van der Waals surface area contributed by atoms with Crippen molar-refractivity contribution in [2.45, 2.75) is 0 Å². The van der Waals surface area contributed by atoms with Crippen LogP contribution in [-0.2, 0) is 0 Å². The molecule has 0 unspecified atom stereocenters. The van der Waals surface area contributed by atoms with E-state index in [2.05, 4.69) is 31.0 Å². The summed E-state index contributed by atoms with van der Waals surface area (Å²) >= 11 is 0.